The number of anilines is 1. The molecule has 0 radical (unpaired) electrons. The minimum atomic E-state index is -0.585. The zero-order valence-electron chi connectivity index (χ0n) is 20.1. The largest absolute Gasteiger partial charge is 0.496 e. The maximum atomic E-state index is 13.2. The Hall–Kier alpha value is -4.02. The van der Waals surface area contributed by atoms with Crippen LogP contribution in [0.3, 0.4) is 0 Å². The highest BCUT2D eigenvalue weighted by Gasteiger charge is 2.19. The minimum Gasteiger partial charge on any atom is -0.496 e. The highest BCUT2D eigenvalue weighted by atomic mass is 35.5. The Morgan fingerprint density at radius 3 is 2.51 bits per heavy atom. The van der Waals surface area contributed by atoms with Crippen molar-refractivity contribution >= 4 is 35.1 Å². The number of non-ortho nitro benzene ring substituents is 1. The van der Waals surface area contributed by atoms with E-state index < -0.39 is 10.8 Å². The van der Waals surface area contributed by atoms with Crippen molar-refractivity contribution in [1.29, 1.82) is 0 Å². The average molecular weight is 526 g/mol. The number of hydrogen-bond donors (Lipinski definition) is 1. The topological polar surface area (TPSA) is 100 Å². The predicted octanol–water partition coefficient (Wildman–Crippen LogP) is 4.48. The summed E-state index contributed by atoms with van der Waals surface area (Å²) in [6.07, 6.45) is 1.51. The second-order valence-electron chi connectivity index (χ2n) is 8.43. The van der Waals surface area contributed by atoms with Crippen molar-refractivity contribution in [2.75, 3.05) is 38.2 Å². The molecule has 1 aliphatic rings. The maximum absolute atomic E-state index is 13.2. The standard InChI is InChI=1S/C26H25ClFN5O4/c1-37-25-9-2-18(16-29-30-26(34)23-8-7-22(33(35)36)15-24(23)27)14-19(25)17-31-10-12-32(13-11-31)21-5-3-20(28)4-6-21/h2-9,14-16H,10-13,17H2,1H3,(H,30,34)/b29-16+. The Morgan fingerprint density at radius 1 is 1.14 bits per heavy atom. The van der Waals surface area contributed by atoms with Crippen LogP contribution in [0.2, 0.25) is 5.02 Å². The van der Waals surface area contributed by atoms with Crippen LogP contribution in [-0.4, -0.2) is 55.2 Å². The van der Waals surface area contributed by atoms with Crippen molar-refractivity contribution in [2.24, 2.45) is 5.10 Å². The highest BCUT2D eigenvalue weighted by Crippen LogP contribution is 2.24. The van der Waals surface area contributed by atoms with Crippen molar-refractivity contribution in [2.45, 2.75) is 6.54 Å². The number of carbonyl (C=O) groups excluding carboxylic acids is 1. The first-order chi connectivity index (χ1) is 17.8. The van der Waals surface area contributed by atoms with Crippen LogP contribution in [0.4, 0.5) is 15.8 Å². The van der Waals surface area contributed by atoms with Crippen LogP contribution >= 0.6 is 11.6 Å². The van der Waals surface area contributed by atoms with Crippen LogP contribution in [0.25, 0.3) is 0 Å². The van der Waals surface area contributed by atoms with Gasteiger partial charge in [0.25, 0.3) is 11.6 Å². The van der Waals surface area contributed by atoms with Crippen LogP contribution in [0.15, 0.2) is 65.8 Å². The number of nitro benzene ring substituents is 1. The number of rotatable bonds is 8. The second kappa shape index (κ2) is 11.8. The van der Waals surface area contributed by atoms with Crippen LogP contribution in [0, 0.1) is 15.9 Å². The molecule has 0 saturated carbocycles. The predicted molar refractivity (Wildman–Crippen MR) is 140 cm³/mol. The molecule has 1 fully saturated rings. The van der Waals surface area contributed by atoms with Crippen molar-refractivity contribution in [3.05, 3.63) is 98.3 Å². The van der Waals surface area contributed by atoms with E-state index in [0.717, 1.165) is 54.8 Å². The fourth-order valence-corrected chi connectivity index (χ4v) is 4.35. The smallest absolute Gasteiger partial charge is 0.272 e. The van der Waals surface area contributed by atoms with Crippen LogP contribution < -0.4 is 15.1 Å². The summed E-state index contributed by atoms with van der Waals surface area (Å²) >= 11 is 6.01. The lowest BCUT2D eigenvalue weighted by Gasteiger charge is -2.36. The van der Waals surface area contributed by atoms with Crippen LogP contribution in [0.5, 0.6) is 5.75 Å². The van der Waals surface area contributed by atoms with E-state index in [1.165, 1.54) is 30.5 Å². The number of halogens is 2. The van der Waals surface area contributed by atoms with Gasteiger partial charge in [0.15, 0.2) is 0 Å². The van der Waals surface area contributed by atoms with Gasteiger partial charge in [-0.3, -0.25) is 19.8 Å². The first-order valence-electron chi connectivity index (χ1n) is 11.5. The molecule has 0 atom stereocenters. The molecule has 0 bridgehead atoms. The molecule has 1 N–H and O–H groups in total. The van der Waals surface area contributed by atoms with Gasteiger partial charge in [0.05, 0.1) is 28.8 Å². The summed E-state index contributed by atoms with van der Waals surface area (Å²) in [6.45, 7) is 4.00. The first-order valence-corrected chi connectivity index (χ1v) is 11.9. The number of nitrogens with one attached hydrogen (secondary N) is 1. The van der Waals surface area contributed by atoms with Gasteiger partial charge in [-0.25, -0.2) is 9.82 Å². The molecule has 0 unspecified atom stereocenters. The van der Waals surface area contributed by atoms with Gasteiger partial charge >= 0.3 is 0 Å². The number of hydrogen-bond acceptors (Lipinski definition) is 7. The third kappa shape index (κ3) is 6.60. The minimum absolute atomic E-state index is 0.0341. The molecule has 192 valence electrons. The first kappa shape index (κ1) is 26.1. The summed E-state index contributed by atoms with van der Waals surface area (Å²) in [5.74, 6) is -0.0728. The number of ether oxygens (including phenoxy) is 1. The Kier molecular flexibility index (Phi) is 8.32. The molecule has 9 nitrogen and oxygen atoms in total. The third-order valence-electron chi connectivity index (χ3n) is 6.05. The number of nitro groups is 1. The Balaban J connectivity index is 1.37. The van der Waals surface area contributed by atoms with Gasteiger partial charge in [0.2, 0.25) is 0 Å². The molecule has 1 aliphatic heterocycles. The molecule has 0 aromatic heterocycles. The summed E-state index contributed by atoms with van der Waals surface area (Å²) in [7, 11) is 1.62. The number of piperazine rings is 1. The van der Waals surface area contributed by atoms with Gasteiger partial charge in [-0.1, -0.05) is 11.6 Å². The second-order valence-corrected chi connectivity index (χ2v) is 8.84. The summed E-state index contributed by atoms with van der Waals surface area (Å²) in [5, 5.41) is 14.8. The van der Waals surface area contributed by atoms with E-state index in [1.807, 2.05) is 18.2 Å². The number of hydrazone groups is 1. The van der Waals surface area contributed by atoms with E-state index >= 15 is 0 Å². The lowest BCUT2D eigenvalue weighted by atomic mass is 10.1. The van der Waals surface area contributed by atoms with E-state index in [9.17, 15) is 19.3 Å². The molecule has 0 aliphatic carbocycles. The van der Waals surface area contributed by atoms with Gasteiger partial charge in [-0.2, -0.15) is 5.10 Å². The quantitative estimate of drug-likeness (QED) is 0.264. The molecule has 0 spiro atoms. The molecule has 11 heteroatoms. The Bertz CT molecular complexity index is 1310. The van der Waals surface area contributed by atoms with E-state index in [0.29, 0.717) is 6.54 Å². The van der Waals surface area contributed by atoms with Gasteiger partial charge in [0, 0.05) is 56.1 Å². The number of nitrogens with zero attached hydrogens (tertiary/aromatic N) is 4. The number of amides is 1. The third-order valence-corrected chi connectivity index (χ3v) is 6.36. The molecule has 1 amide bonds. The van der Waals surface area contributed by atoms with Crippen molar-refractivity contribution in [3.63, 3.8) is 0 Å². The SMILES string of the molecule is COc1ccc(/C=N/NC(=O)c2ccc([N+](=O)[O-])cc2Cl)cc1CN1CCN(c2ccc(F)cc2)CC1. The zero-order chi connectivity index (χ0) is 26.4. The maximum Gasteiger partial charge on any atom is 0.272 e. The van der Waals surface area contributed by atoms with E-state index in [4.69, 9.17) is 16.3 Å². The van der Waals surface area contributed by atoms with Gasteiger partial charge < -0.3 is 9.64 Å². The van der Waals surface area contributed by atoms with E-state index in [-0.39, 0.29) is 22.1 Å². The Morgan fingerprint density at radius 2 is 1.86 bits per heavy atom. The van der Waals surface area contributed by atoms with Crippen LogP contribution in [0.1, 0.15) is 21.5 Å². The zero-order valence-corrected chi connectivity index (χ0v) is 20.8. The lowest BCUT2D eigenvalue weighted by molar-refractivity contribution is -0.384. The normalized spacial score (nSPS) is 14.1. The fraction of sp³-hybridized carbons (Fsp3) is 0.231. The fourth-order valence-electron chi connectivity index (χ4n) is 4.09. The van der Waals surface area contributed by atoms with E-state index in [2.05, 4.69) is 20.3 Å². The molecule has 4 rings (SSSR count). The van der Waals surface area contributed by atoms with Gasteiger partial charge in [-0.05, 0) is 54.1 Å². The van der Waals surface area contributed by atoms with Crippen molar-refractivity contribution in [1.82, 2.24) is 10.3 Å². The molecule has 1 saturated heterocycles. The summed E-state index contributed by atoms with van der Waals surface area (Å²) < 4.78 is 18.8. The average Bonchev–Trinajstić information content (AvgIpc) is 2.89. The lowest BCUT2D eigenvalue weighted by Crippen LogP contribution is -2.46. The highest BCUT2D eigenvalue weighted by molar-refractivity contribution is 6.34. The van der Waals surface area contributed by atoms with Crippen molar-refractivity contribution in [3.8, 4) is 5.75 Å². The summed E-state index contributed by atoms with van der Waals surface area (Å²) in [5.41, 5.74) is 5.02. The van der Waals surface area contributed by atoms with Gasteiger partial charge in [0.1, 0.15) is 11.6 Å². The molecule has 1 heterocycles. The molecule has 37 heavy (non-hydrogen) atoms. The number of methoxy groups -OCH3 is 1. The van der Waals surface area contributed by atoms with Crippen LogP contribution in [-0.2, 0) is 6.54 Å². The monoisotopic (exact) mass is 525 g/mol. The summed E-state index contributed by atoms with van der Waals surface area (Å²) in [4.78, 5) is 27.2. The van der Waals surface area contributed by atoms with Gasteiger partial charge in [-0.15, -0.1) is 0 Å². The van der Waals surface area contributed by atoms with Crippen molar-refractivity contribution < 1.29 is 18.8 Å². The molecular weight excluding hydrogens is 501 g/mol. The molecule has 3 aromatic rings. The Labute approximate surface area is 218 Å². The number of benzene rings is 3. The van der Waals surface area contributed by atoms with E-state index in [1.54, 1.807) is 19.2 Å². The summed E-state index contributed by atoms with van der Waals surface area (Å²) in [6, 6.07) is 15.8. The molecule has 3 aromatic carbocycles. The molecular formula is C26H25ClFN5O4. The number of carbonyl (C=O) groups is 1.